The lowest BCUT2D eigenvalue weighted by Gasteiger charge is -2.50. The van der Waals surface area contributed by atoms with Crippen LogP contribution in [0.4, 0.5) is 19.0 Å². The van der Waals surface area contributed by atoms with Crippen LogP contribution in [0.1, 0.15) is 35.4 Å². The number of pyridine rings is 1. The summed E-state index contributed by atoms with van der Waals surface area (Å²) in [4.78, 5) is 59.0. The Morgan fingerprint density at radius 3 is 2.39 bits per heavy atom. The van der Waals surface area contributed by atoms with Crippen LogP contribution in [0.15, 0.2) is 72.4 Å². The van der Waals surface area contributed by atoms with Crippen molar-refractivity contribution in [2.45, 2.75) is 30.4 Å². The molecule has 6 atom stereocenters. The van der Waals surface area contributed by atoms with Gasteiger partial charge in [0.15, 0.2) is 5.82 Å². The molecule has 0 bridgehead atoms. The molecule has 4 amide bonds. The number of halogens is 5. The van der Waals surface area contributed by atoms with Crippen molar-refractivity contribution < 1.29 is 37.5 Å². The number of imide groups is 2. The third kappa shape index (κ3) is 4.33. The van der Waals surface area contributed by atoms with E-state index in [2.05, 4.69) is 15.7 Å². The molecule has 1 aromatic heterocycles. The van der Waals surface area contributed by atoms with Crippen molar-refractivity contribution in [2.75, 3.05) is 5.43 Å². The molecule has 236 valence electrons. The van der Waals surface area contributed by atoms with Gasteiger partial charge in [-0.3, -0.25) is 29.9 Å². The van der Waals surface area contributed by atoms with E-state index in [-0.39, 0.29) is 24.4 Å². The van der Waals surface area contributed by atoms with Crippen molar-refractivity contribution in [1.29, 1.82) is 0 Å². The zero-order valence-corrected chi connectivity index (χ0v) is 25.0. The molecule has 3 fully saturated rings. The summed E-state index contributed by atoms with van der Waals surface area (Å²) in [5.41, 5.74) is 1.04. The number of allylic oxidation sites excluding steroid dienone is 2. The summed E-state index contributed by atoms with van der Waals surface area (Å²) >= 11 is 12.4. The minimum absolute atomic E-state index is 0.0165. The van der Waals surface area contributed by atoms with E-state index in [1.54, 1.807) is 42.5 Å². The highest BCUT2D eigenvalue weighted by Gasteiger charge is 2.70. The molecule has 7 rings (SSSR count). The molecule has 3 N–H and O–H groups in total. The number of hydrazine groups is 1. The van der Waals surface area contributed by atoms with E-state index in [1.807, 2.05) is 6.08 Å². The second-order valence-corrected chi connectivity index (χ2v) is 12.7. The molecule has 2 aromatic carbocycles. The number of anilines is 1. The fourth-order valence-electron chi connectivity index (χ4n) is 7.77. The first kappa shape index (κ1) is 30.2. The van der Waals surface area contributed by atoms with Gasteiger partial charge in [-0.1, -0.05) is 65.2 Å². The number of aromatic nitrogens is 1. The molecule has 0 unspecified atom stereocenters. The van der Waals surface area contributed by atoms with Crippen molar-refractivity contribution in [2.24, 2.45) is 23.7 Å². The summed E-state index contributed by atoms with van der Waals surface area (Å²) in [5.74, 6) is -7.21. The van der Waals surface area contributed by atoms with Crippen LogP contribution in [-0.2, 0) is 30.8 Å². The Labute approximate surface area is 269 Å². The van der Waals surface area contributed by atoms with Gasteiger partial charge in [0.25, 0.3) is 11.8 Å². The summed E-state index contributed by atoms with van der Waals surface area (Å²) in [6.07, 6.45) is -2.20. The zero-order chi connectivity index (χ0) is 32.7. The molecule has 1 saturated carbocycles. The van der Waals surface area contributed by atoms with Crippen molar-refractivity contribution in [3.05, 3.63) is 99.2 Å². The van der Waals surface area contributed by atoms with Gasteiger partial charge >= 0.3 is 6.18 Å². The summed E-state index contributed by atoms with van der Waals surface area (Å²) in [5, 5.41) is 14.2. The number of carbonyl (C=O) groups excluding carboxylic acids is 4. The second kappa shape index (κ2) is 10.6. The highest BCUT2D eigenvalue weighted by atomic mass is 35.5. The summed E-state index contributed by atoms with van der Waals surface area (Å²) in [6.45, 7) is 0. The number of hydrogen-bond acceptors (Lipinski definition) is 7. The lowest BCUT2D eigenvalue weighted by molar-refractivity contribution is -0.139. The van der Waals surface area contributed by atoms with Crippen LogP contribution in [0.3, 0.4) is 0 Å². The number of aromatic hydroxyl groups is 1. The largest absolute Gasteiger partial charge is 0.508 e. The molecular weight excluding hydrogens is 648 g/mol. The Bertz CT molecular complexity index is 1870. The Morgan fingerprint density at radius 1 is 1.00 bits per heavy atom. The smallest absolute Gasteiger partial charge is 0.417 e. The van der Waals surface area contributed by atoms with Gasteiger partial charge in [-0.2, -0.15) is 18.2 Å². The van der Waals surface area contributed by atoms with Gasteiger partial charge in [-0.25, -0.2) is 4.98 Å². The Balaban J connectivity index is 1.44. The molecule has 46 heavy (non-hydrogen) atoms. The third-order valence-corrected chi connectivity index (χ3v) is 10.2. The summed E-state index contributed by atoms with van der Waals surface area (Å²) < 4.78 is 39.9. The Morgan fingerprint density at radius 2 is 1.72 bits per heavy atom. The van der Waals surface area contributed by atoms with Gasteiger partial charge in [-0.05, 0) is 48.6 Å². The normalized spacial score (nSPS) is 28.8. The molecule has 4 aliphatic rings. The maximum absolute atomic E-state index is 14.9. The van der Waals surface area contributed by atoms with Gasteiger partial charge in [-0.15, -0.1) is 0 Å². The second-order valence-electron chi connectivity index (χ2n) is 11.8. The number of phenolic OH excluding ortho intramolecular Hbond substituents is 1. The lowest BCUT2D eigenvalue weighted by atomic mass is 9.49. The molecule has 2 saturated heterocycles. The average molecular weight is 671 g/mol. The van der Waals surface area contributed by atoms with Crippen LogP contribution in [0, 0.1) is 23.7 Å². The SMILES string of the molecule is O=C1NC(=O)[C@H]2CC=C3[C@@H](C[C@H]4C(=O)N(Nc5ncc(C(F)(F)F)cc5Cl)C(=O)[C@@]4(c4ccc(Cl)cc4)[C@H]3c3ccccc3O)[C@@H]12. The monoisotopic (exact) mass is 670 g/mol. The number of alkyl halides is 3. The fourth-order valence-corrected chi connectivity index (χ4v) is 8.10. The molecular formula is C32H23Cl2F3N4O5. The van der Waals surface area contributed by atoms with E-state index < -0.39 is 75.4 Å². The third-order valence-electron chi connectivity index (χ3n) is 9.65. The molecule has 3 aromatic rings. The van der Waals surface area contributed by atoms with E-state index in [0.717, 1.165) is 0 Å². The quantitative estimate of drug-likeness (QED) is 0.251. The van der Waals surface area contributed by atoms with Crippen LogP contribution in [0.25, 0.3) is 0 Å². The Kier molecular flexibility index (Phi) is 6.94. The molecule has 9 nitrogen and oxygen atoms in total. The summed E-state index contributed by atoms with van der Waals surface area (Å²) in [6, 6.07) is 13.3. The highest BCUT2D eigenvalue weighted by molar-refractivity contribution is 6.33. The van der Waals surface area contributed by atoms with Gasteiger partial charge in [0, 0.05) is 22.7 Å². The van der Waals surface area contributed by atoms with Crippen LogP contribution in [-0.4, -0.2) is 38.7 Å². The van der Waals surface area contributed by atoms with Crippen LogP contribution in [0.2, 0.25) is 10.0 Å². The number of amides is 4. The topological polar surface area (TPSA) is 129 Å². The number of nitrogens with one attached hydrogen (secondary N) is 2. The van der Waals surface area contributed by atoms with E-state index in [0.29, 0.717) is 39.0 Å². The molecule has 2 aliphatic carbocycles. The maximum atomic E-state index is 14.9. The average Bonchev–Trinajstić information content (AvgIpc) is 3.42. The lowest BCUT2D eigenvalue weighted by Crippen LogP contribution is -2.53. The van der Waals surface area contributed by atoms with Crippen LogP contribution >= 0.6 is 23.2 Å². The minimum atomic E-state index is -4.73. The molecule has 2 aliphatic heterocycles. The molecule has 14 heteroatoms. The van der Waals surface area contributed by atoms with Crippen molar-refractivity contribution in [3.8, 4) is 5.75 Å². The van der Waals surface area contributed by atoms with E-state index in [1.165, 1.54) is 6.07 Å². The number of para-hydroxylation sites is 1. The Hall–Kier alpha value is -4.42. The number of fused-ring (bicyclic) bond motifs is 4. The van der Waals surface area contributed by atoms with Crippen molar-refractivity contribution >= 4 is 52.6 Å². The van der Waals surface area contributed by atoms with Crippen LogP contribution < -0.4 is 10.7 Å². The first-order chi connectivity index (χ1) is 21.8. The van der Waals surface area contributed by atoms with E-state index >= 15 is 0 Å². The predicted octanol–water partition coefficient (Wildman–Crippen LogP) is 5.39. The number of rotatable bonds is 4. The molecule has 0 spiro atoms. The first-order valence-corrected chi connectivity index (χ1v) is 15.1. The number of phenols is 1. The van der Waals surface area contributed by atoms with Gasteiger partial charge < -0.3 is 5.11 Å². The number of nitrogens with zero attached hydrogens (tertiary/aromatic N) is 2. The zero-order valence-electron chi connectivity index (χ0n) is 23.5. The summed E-state index contributed by atoms with van der Waals surface area (Å²) in [7, 11) is 0. The van der Waals surface area contributed by atoms with Gasteiger partial charge in [0.05, 0.1) is 33.8 Å². The van der Waals surface area contributed by atoms with Gasteiger partial charge in [0.2, 0.25) is 11.8 Å². The predicted molar refractivity (Wildman–Crippen MR) is 158 cm³/mol. The number of carbonyl (C=O) groups is 4. The van der Waals surface area contributed by atoms with Gasteiger partial charge in [0.1, 0.15) is 5.75 Å². The van der Waals surface area contributed by atoms with Crippen LogP contribution in [0.5, 0.6) is 5.75 Å². The number of hydrogen-bond donors (Lipinski definition) is 3. The minimum Gasteiger partial charge on any atom is -0.508 e. The highest BCUT2D eigenvalue weighted by Crippen LogP contribution is 2.64. The van der Waals surface area contributed by atoms with Crippen molar-refractivity contribution in [3.63, 3.8) is 0 Å². The molecule has 0 radical (unpaired) electrons. The molecule has 3 heterocycles. The number of benzene rings is 2. The van der Waals surface area contributed by atoms with Crippen molar-refractivity contribution in [1.82, 2.24) is 15.3 Å². The van der Waals surface area contributed by atoms with E-state index in [4.69, 9.17) is 23.2 Å². The van der Waals surface area contributed by atoms with E-state index in [9.17, 15) is 37.5 Å². The maximum Gasteiger partial charge on any atom is 0.417 e. The standard InChI is InChI=1S/C32H23Cl2F3N4O5/c33-16-7-5-14(6-8-16)31-21(29(45)41(30(31)46)40-26-22(34)11-15(13-38-26)32(35,36)37)12-20-17(25(31)18-3-1-2-4-23(18)42)9-10-19-24(20)28(44)39-27(19)43/h1-9,11,13,19-21,24-25,42H,10,12H2,(H,38,40)(H,39,43,44)/t19-,20+,21-,24-,25+,31+/m0/s1. The fraction of sp³-hybridized carbons (Fsp3) is 0.281. The first-order valence-electron chi connectivity index (χ1n) is 14.3.